The van der Waals surface area contributed by atoms with Crippen LogP contribution in [0, 0.1) is 13.8 Å². The first kappa shape index (κ1) is 14.2. The summed E-state index contributed by atoms with van der Waals surface area (Å²) in [6, 6.07) is 11.9. The van der Waals surface area contributed by atoms with Crippen LogP contribution >= 0.6 is 0 Å². The molecule has 0 radical (unpaired) electrons. The van der Waals surface area contributed by atoms with Gasteiger partial charge >= 0.3 is 0 Å². The van der Waals surface area contributed by atoms with E-state index < -0.39 is 0 Å². The topological polar surface area (TPSA) is 73.5 Å². The van der Waals surface area contributed by atoms with Crippen molar-refractivity contribution in [2.75, 3.05) is 11.9 Å². The van der Waals surface area contributed by atoms with Crippen LogP contribution < -0.4 is 5.32 Å². The lowest BCUT2D eigenvalue weighted by Gasteiger charge is -2.07. The van der Waals surface area contributed by atoms with Gasteiger partial charge in [-0.3, -0.25) is 4.68 Å². The molecule has 0 unspecified atom stereocenters. The predicted octanol–water partition coefficient (Wildman–Crippen LogP) is 1.98. The molecule has 3 rings (SSSR count). The molecule has 2 aromatic heterocycles. The number of hydrogen-bond donors (Lipinski definition) is 1. The Morgan fingerprint density at radius 3 is 2.68 bits per heavy atom. The lowest BCUT2D eigenvalue weighted by atomic mass is 10.3. The normalized spacial score (nSPS) is 10.8. The number of anilines is 1. The van der Waals surface area contributed by atoms with Gasteiger partial charge in [-0.1, -0.05) is 23.3 Å². The van der Waals surface area contributed by atoms with E-state index in [4.69, 9.17) is 0 Å². The molecule has 0 bridgehead atoms. The van der Waals surface area contributed by atoms with Crippen LogP contribution in [0.2, 0.25) is 0 Å². The van der Waals surface area contributed by atoms with Gasteiger partial charge in [0.2, 0.25) is 5.95 Å². The van der Waals surface area contributed by atoms with Crippen LogP contribution in [-0.2, 0) is 6.54 Å². The zero-order valence-corrected chi connectivity index (χ0v) is 12.8. The van der Waals surface area contributed by atoms with E-state index in [0.29, 0.717) is 5.95 Å². The maximum Gasteiger partial charge on any atom is 0.247 e. The Labute approximate surface area is 129 Å². The quantitative estimate of drug-likeness (QED) is 0.704. The van der Waals surface area contributed by atoms with Crippen LogP contribution in [0.4, 0.5) is 5.95 Å². The molecular weight excluding hydrogens is 278 g/mol. The second kappa shape index (κ2) is 6.38. The molecule has 2 heterocycles. The van der Waals surface area contributed by atoms with Crippen LogP contribution in [0.25, 0.3) is 5.69 Å². The molecule has 0 aliphatic heterocycles. The van der Waals surface area contributed by atoms with Crippen LogP contribution in [-0.4, -0.2) is 36.5 Å². The highest BCUT2D eigenvalue weighted by atomic mass is 15.6. The molecule has 1 N–H and O–H groups in total. The molecule has 0 atom stereocenters. The average Bonchev–Trinajstić information content (AvgIpc) is 3.11. The molecule has 0 saturated carbocycles. The third kappa shape index (κ3) is 3.13. The minimum absolute atomic E-state index is 0.652. The third-order valence-corrected chi connectivity index (χ3v) is 3.40. The number of para-hydroxylation sites is 1. The number of aryl methyl sites for hydroxylation is 3. The summed E-state index contributed by atoms with van der Waals surface area (Å²) >= 11 is 0. The van der Waals surface area contributed by atoms with Crippen molar-refractivity contribution in [1.82, 2.24) is 30.0 Å². The van der Waals surface area contributed by atoms with E-state index in [2.05, 4.69) is 38.9 Å². The van der Waals surface area contributed by atoms with Crippen LogP contribution in [0.1, 0.15) is 17.8 Å². The van der Waals surface area contributed by atoms with Gasteiger partial charge in [0.25, 0.3) is 0 Å². The second-order valence-electron chi connectivity index (χ2n) is 5.18. The molecule has 7 nitrogen and oxygen atoms in total. The summed E-state index contributed by atoms with van der Waals surface area (Å²) in [5.41, 5.74) is 3.18. The summed E-state index contributed by atoms with van der Waals surface area (Å²) in [7, 11) is 0. The molecular formula is C15H19N7. The molecule has 0 aliphatic carbocycles. The Bertz CT molecular complexity index is 729. The number of nitrogens with zero attached hydrogens (tertiary/aromatic N) is 6. The number of tetrazole rings is 1. The van der Waals surface area contributed by atoms with Crippen molar-refractivity contribution in [2.45, 2.75) is 26.8 Å². The SMILES string of the molecule is Cc1cc(C)n(CCCNc2nnnn2-c2ccccc2)n1. The first-order valence-electron chi connectivity index (χ1n) is 7.33. The van der Waals surface area contributed by atoms with Crippen molar-refractivity contribution in [1.29, 1.82) is 0 Å². The van der Waals surface area contributed by atoms with Gasteiger partial charge in [-0.05, 0) is 48.9 Å². The van der Waals surface area contributed by atoms with Gasteiger partial charge in [-0.15, -0.1) is 0 Å². The van der Waals surface area contributed by atoms with Crippen LogP contribution in [0.15, 0.2) is 36.4 Å². The van der Waals surface area contributed by atoms with Crippen molar-refractivity contribution >= 4 is 5.95 Å². The maximum atomic E-state index is 4.45. The highest BCUT2D eigenvalue weighted by Crippen LogP contribution is 2.10. The molecule has 0 spiro atoms. The second-order valence-corrected chi connectivity index (χ2v) is 5.18. The smallest absolute Gasteiger partial charge is 0.247 e. The molecule has 0 fully saturated rings. The van der Waals surface area contributed by atoms with Crippen molar-refractivity contribution in [3.8, 4) is 5.69 Å². The minimum atomic E-state index is 0.652. The highest BCUT2D eigenvalue weighted by molar-refractivity contribution is 5.38. The maximum absolute atomic E-state index is 4.45. The van der Waals surface area contributed by atoms with Gasteiger partial charge < -0.3 is 5.32 Å². The van der Waals surface area contributed by atoms with E-state index in [9.17, 15) is 0 Å². The van der Waals surface area contributed by atoms with Crippen molar-refractivity contribution in [3.63, 3.8) is 0 Å². The summed E-state index contributed by atoms with van der Waals surface area (Å²) in [5, 5.41) is 19.5. The summed E-state index contributed by atoms with van der Waals surface area (Å²) in [6.07, 6.45) is 0.948. The molecule has 22 heavy (non-hydrogen) atoms. The average molecular weight is 297 g/mol. The third-order valence-electron chi connectivity index (χ3n) is 3.40. The highest BCUT2D eigenvalue weighted by Gasteiger charge is 2.07. The molecule has 0 aliphatic rings. The van der Waals surface area contributed by atoms with E-state index in [1.54, 1.807) is 4.68 Å². The van der Waals surface area contributed by atoms with Gasteiger partial charge in [0.05, 0.1) is 11.4 Å². The Balaban J connectivity index is 1.57. The van der Waals surface area contributed by atoms with E-state index in [1.165, 1.54) is 5.69 Å². The van der Waals surface area contributed by atoms with Crippen LogP contribution in [0.3, 0.4) is 0 Å². The standard InChI is InChI=1S/C15H19N7/c1-12-11-13(2)21(18-12)10-6-9-16-15-17-19-20-22(15)14-7-4-3-5-8-14/h3-5,7-8,11H,6,9-10H2,1-2H3,(H,16,17,20). The number of benzene rings is 1. The fraction of sp³-hybridized carbons (Fsp3) is 0.333. The van der Waals surface area contributed by atoms with Crippen molar-refractivity contribution in [3.05, 3.63) is 47.8 Å². The molecule has 1 aromatic carbocycles. The number of hydrogen-bond acceptors (Lipinski definition) is 5. The first-order chi connectivity index (χ1) is 10.7. The lowest BCUT2D eigenvalue weighted by molar-refractivity contribution is 0.572. The Hall–Kier alpha value is -2.70. The lowest BCUT2D eigenvalue weighted by Crippen LogP contribution is -2.12. The largest absolute Gasteiger partial charge is 0.353 e. The van der Waals surface area contributed by atoms with Crippen molar-refractivity contribution in [2.24, 2.45) is 0 Å². The fourth-order valence-corrected chi connectivity index (χ4v) is 2.37. The fourth-order valence-electron chi connectivity index (χ4n) is 2.37. The monoisotopic (exact) mass is 297 g/mol. The molecule has 0 saturated heterocycles. The van der Waals surface area contributed by atoms with E-state index in [0.717, 1.165) is 30.9 Å². The van der Waals surface area contributed by atoms with Gasteiger partial charge in [0, 0.05) is 18.8 Å². The Kier molecular flexibility index (Phi) is 4.13. The zero-order chi connectivity index (χ0) is 15.4. The number of nitrogens with one attached hydrogen (secondary N) is 1. The van der Waals surface area contributed by atoms with Crippen molar-refractivity contribution < 1.29 is 0 Å². The summed E-state index contributed by atoms with van der Waals surface area (Å²) in [4.78, 5) is 0. The number of aromatic nitrogens is 6. The Morgan fingerprint density at radius 2 is 1.95 bits per heavy atom. The molecule has 114 valence electrons. The van der Waals surface area contributed by atoms with Gasteiger partial charge in [-0.2, -0.15) is 9.78 Å². The van der Waals surface area contributed by atoms with Gasteiger partial charge in [0.15, 0.2) is 0 Å². The number of rotatable bonds is 6. The Morgan fingerprint density at radius 1 is 1.14 bits per heavy atom. The zero-order valence-electron chi connectivity index (χ0n) is 12.8. The van der Waals surface area contributed by atoms with E-state index in [1.807, 2.05) is 41.9 Å². The molecule has 3 aromatic rings. The summed E-state index contributed by atoms with van der Waals surface area (Å²) in [6.45, 7) is 5.74. The first-order valence-corrected chi connectivity index (χ1v) is 7.33. The van der Waals surface area contributed by atoms with Crippen LogP contribution in [0.5, 0.6) is 0 Å². The van der Waals surface area contributed by atoms with E-state index in [-0.39, 0.29) is 0 Å². The van der Waals surface area contributed by atoms with Gasteiger partial charge in [-0.25, -0.2) is 0 Å². The minimum Gasteiger partial charge on any atom is -0.353 e. The van der Waals surface area contributed by atoms with Gasteiger partial charge in [0.1, 0.15) is 0 Å². The summed E-state index contributed by atoms with van der Waals surface area (Å²) in [5.74, 6) is 0.652. The van der Waals surface area contributed by atoms with E-state index >= 15 is 0 Å². The summed E-state index contributed by atoms with van der Waals surface area (Å²) < 4.78 is 3.72. The predicted molar refractivity (Wildman–Crippen MR) is 84.0 cm³/mol. The molecule has 0 amide bonds. The molecule has 7 heteroatoms.